The van der Waals surface area contributed by atoms with E-state index in [1.807, 2.05) is 31.2 Å². The largest absolute Gasteiger partial charge is 0.334 e. The Hall–Kier alpha value is -3.09. The first kappa shape index (κ1) is 14.8. The summed E-state index contributed by atoms with van der Waals surface area (Å²) in [5.74, 6) is -1.02. The van der Waals surface area contributed by atoms with Gasteiger partial charge in [-0.25, -0.2) is 8.78 Å². The van der Waals surface area contributed by atoms with Gasteiger partial charge in [-0.3, -0.25) is 0 Å². The minimum atomic E-state index is -0.711. The van der Waals surface area contributed by atoms with Gasteiger partial charge in [0.1, 0.15) is 17.3 Å². The Bertz CT molecular complexity index is 818. The first-order chi connectivity index (χ1) is 11.1. The van der Waals surface area contributed by atoms with Crippen LogP contribution in [0.15, 0.2) is 48.7 Å². The summed E-state index contributed by atoms with van der Waals surface area (Å²) in [4.78, 5) is 4.16. The van der Waals surface area contributed by atoms with Crippen LogP contribution in [0.1, 0.15) is 5.56 Å². The molecule has 0 fully saturated rings. The lowest BCUT2D eigenvalue weighted by atomic mass is 10.2. The van der Waals surface area contributed by atoms with E-state index >= 15 is 0 Å². The van der Waals surface area contributed by atoms with Gasteiger partial charge in [0.2, 0.25) is 5.95 Å². The summed E-state index contributed by atoms with van der Waals surface area (Å²) in [6, 6.07) is 11.2. The van der Waals surface area contributed by atoms with E-state index in [9.17, 15) is 8.78 Å². The number of halogens is 2. The molecule has 0 saturated carbocycles. The van der Waals surface area contributed by atoms with E-state index < -0.39 is 11.6 Å². The number of anilines is 4. The van der Waals surface area contributed by atoms with Crippen LogP contribution >= 0.6 is 0 Å². The molecule has 0 spiro atoms. The summed E-state index contributed by atoms with van der Waals surface area (Å²) in [5.41, 5.74) is 1.55. The molecule has 0 saturated heterocycles. The maximum atomic E-state index is 13.7. The van der Waals surface area contributed by atoms with Crippen molar-refractivity contribution >= 4 is 23.1 Å². The number of hydrogen-bond acceptors (Lipinski definition) is 5. The van der Waals surface area contributed by atoms with E-state index in [-0.39, 0.29) is 17.5 Å². The monoisotopic (exact) mass is 313 g/mol. The van der Waals surface area contributed by atoms with Gasteiger partial charge in [0.15, 0.2) is 5.82 Å². The molecule has 0 aliphatic rings. The SMILES string of the molecule is Cc1ccccc1Nc1nncc(Nc2c(F)cccc2F)n1. The van der Waals surface area contributed by atoms with Crippen molar-refractivity contribution in [2.45, 2.75) is 6.92 Å². The molecular weight excluding hydrogens is 300 g/mol. The average molecular weight is 313 g/mol. The van der Waals surface area contributed by atoms with Crippen molar-refractivity contribution in [3.8, 4) is 0 Å². The number of nitrogens with one attached hydrogen (secondary N) is 2. The van der Waals surface area contributed by atoms with E-state index in [1.54, 1.807) is 0 Å². The molecule has 5 nitrogen and oxygen atoms in total. The highest BCUT2D eigenvalue weighted by Gasteiger charge is 2.10. The number of rotatable bonds is 4. The molecule has 2 aromatic carbocycles. The molecule has 0 amide bonds. The maximum Gasteiger partial charge on any atom is 0.249 e. The third-order valence-electron chi connectivity index (χ3n) is 3.17. The smallest absolute Gasteiger partial charge is 0.249 e. The summed E-state index contributed by atoms with van der Waals surface area (Å²) >= 11 is 0. The highest BCUT2D eigenvalue weighted by atomic mass is 19.1. The maximum absolute atomic E-state index is 13.7. The van der Waals surface area contributed by atoms with Gasteiger partial charge in [0, 0.05) is 5.69 Å². The third-order valence-corrected chi connectivity index (χ3v) is 3.17. The highest BCUT2D eigenvalue weighted by molar-refractivity contribution is 5.61. The lowest BCUT2D eigenvalue weighted by Gasteiger charge is -2.10. The minimum Gasteiger partial charge on any atom is -0.334 e. The van der Waals surface area contributed by atoms with E-state index in [2.05, 4.69) is 25.8 Å². The van der Waals surface area contributed by atoms with Crippen molar-refractivity contribution in [2.24, 2.45) is 0 Å². The quantitative estimate of drug-likeness (QED) is 0.764. The molecule has 3 aromatic rings. The summed E-state index contributed by atoms with van der Waals surface area (Å²) in [5, 5.41) is 13.2. The second kappa shape index (κ2) is 6.35. The summed E-state index contributed by atoms with van der Waals surface area (Å²) < 4.78 is 27.3. The van der Waals surface area contributed by atoms with Crippen LogP contribution in [0.2, 0.25) is 0 Å². The van der Waals surface area contributed by atoms with Gasteiger partial charge in [-0.1, -0.05) is 24.3 Å². The van der Waals surface area contributed by atoms with Crippen LogP contribution in [-0.2, 0) is 0 Å². The van der Waals surface area contributed by atoms with Gasteiger partial charge in [0.25, 0.3) is 0 Å². The number of aromatic nitrogens is 3. The lowest BCUT2D eigenvalue weighted by Crippen LogP contribution is -2.04. The first-order valence-corrected chi connectivity index (χ1v) is 6.87. The zero-order valence-electron chi connectivity index (χ0n) is 12.2. The Kier molecular flexibility index (Phi) is 4.09. The molecule has 1 heterocycles. The molecule has 0 aliphatic carbocycles. The van der Waals surface area contributed by atoms with Crippen molar-refractivity contribution < 1.29 is 8.78 Å². The van der Waals surface area contributed by atoms with Crippen LogP contribution in [-0.4, -0.2) is 15.2 Å². The number of para-hydroxylation sites is 2. The zero-order valence-corrected chi connectivity index (χ0v) is 12.2. The molecule has 0 bridgehead atoms. The molecule has 0 radical (unpaired) electrons. The Morgan fingerprint density at radius 1 is 0.913 bits per heavy atom. The van der Waals surface area contributed by atoms with Gasteiger partial charge in [-0.2, -0.15) is 10.1 Å². The molecular formula is C16H13F2N5. The number of benzene rings is 2. The lowest BCUT2D eigenvalue weighted by molar-refractivity contribution is 0.590. The number of hydrogen-bond donors (Lipinski definition) is 2. The topological polar surface area (TPSA) is 62.7 Å². The number of aryl methyl sites for hydroxylation is 1. The van der Waals surface area contributed by atoms with Crippen LogP contribution in [0.3, 0.4) is 0 Å². The molecule has 0 atom stereocenters. The second-order valence-electron chi connectivity index (χ2n) is 4.83. The van der Waals surface area contributed by atoms with Crippen LogP contribution in [0.25, 0.3) is 0 Å². The summed E-state index contributed by atoms with van der Waals surface area (Å²) in [6.07, 6.45) is 1.29. The van der Waals surface area contributed by atoms with Gasteiger partial charge >= 0.3 is 0 Å². The summed E-state index contributed by atoms with van der Waals surface area (Å²) in [6.45, 7) is 1.94. The van der Waals surface area contributed by atoms with E-state index in [4.69, 9.17) is 0 Å². The molecule has 0 unspecified atom stereocenters. The zero-order chi connectivity index (χ0) is 16.2. The molecule has 116 valence electrons. The van der Waals surface area contributed by atoms with Gasteiger partial charge in [-0.05, 0) is 30.7 Å². The van der Waals surface area contributed by atoms with E-state index in [0.717, 1.165) is 23.4 Å². The van der Waals surface area contributed by atoms with Gasteiger partial charge < -0.3 is 10.6 Å². The van der Waals surface area contributed by atoms with E-state index in [0.29, 0.717) is 0 Å². The molecule has 3 rings (SSSR count). The number of nitrogens with zero attached hydrogens (tertiary/aromatic N) is 3. The fraction of sp³-hybridized carbons (Fsp3) is 0.0625. The Labute approximate surface area is 131 Å². The predicted molar refractivity (Wildman–Crippen MR) is 83.9 cm³/mol. The highest BCUT2D eigenvalue weighted by Crippen LogP contribution is 2.23. The standard InChI is InChI=1S/C16H13F2N5/c1-10-5-2-3-8-13(10)20-16-22-14(9-19-23-16)21-15-11(17)6-4-7-12(15)18/h2-9H,1H3,(H2,20,21,22,23). The van der Waals surface area contributed by atoms with Crippen molar-refractivity contribution in [1.82, 2.24) is 15.2 Å². The third kappa shape index (κ3) is 3.39. The fourth-order valence-electron chi connectivity index (χ4n) is 2.00. The second-order valence-corrected chi connectivity index (χ2v) is 4.83. The Morgan fingerprint density at radius 3 is 2.39 bits per heavy atom. The Balaban J connectivity index is 1.84. The minimum absolute atomic E-state index is 0.181. The predicted octanol–water partition coefficient (Wildman–Crippen LogP) is 3.95. The first-order valence-electron chi connectivity index (χ1n) is 6.87. The fourth-order valence-corrected chi connectivity index (χ4v) is 2.00. The van der Waals surface area contributed by atoms with Crippen LogP contribution < -0.4 is 10.6 Å². The van der Waals surface area contributed by atoms with Crippen LogP contribution in [0.4, 0.5) is 31.9 Å². The molecule has 2 N–H and O–H groups in total. The normalized spacial score (nSPS) is 10.4. The van der Waals surface area contributed by atoms with Crippen LogP contribution in [0.5, 0.6) is 0 Å². The van der Waals surface area contributed by atoms with Crippen molar-refractivity contribution in [3.63, 3.8) is 0 Å². The Morgan fingerprint density at radius 2 is 1.65 bits per heavy atom. The van der Waals surface area contributed by atoms with Gasteiger partial charge in [0.05, 0.1) is 6.20 Å². The van der Waals surface area contributed by atoms with E-state index in [1.165, 1.54) is 12.3 Å². The van der Waals surface area contributed by atoms with Crippen molar-refractivity contribution in [2.75, 3.05) is 10.6 Å². The van der Waals surface area contributed by atoms with Crippen molar-refractivity contribution in [3.05, 3.63) is 65.9 Å². The molecule has 1 aromatic heterocycles. The van der Waals surface area contributed by atoms with Crippen molar-refractivity contribution in [1.29, 1.82) is 0 Å². The summed E-state index contributed by atoms with van der Waals surface area (Å²) in [7, 11) is 0. The van der Waals surface area contributed by atoms with Gasteiger partial charge in [-0.15, -0.1) is 5.10 Å². The molecule has 7 heteroatoms. The average Bonchev–Trinajstić information content (AvgIpc) is 2.54. The molecule has 0 aliphatic heterocycles. The molecule has 23 heavy (non-hydrogen) atoms. The van der Waals surface area contributed by atoms with Crippen LogP contribution in [0, 0.1) is 18.6 Å².